The van der Waals surface area contributed by atoms with Gasteiger partial charge in [0.05, 0.1) is 0 Å². The SMILES string of the molecule is CCN(C(=O)C1(CC)CCCC1)C1CCCC1CN. The highest BCUT2D eigenvalue weighted by molar-refractivity contribution is 5.83. The Morgan fingerprint density at radius 2 is 1.89 bits per heavy atom. The van der Waals surface area contributed by atoms with Crippen LogP contribution < -0.4 is 5.73 Å². The third kappa shape index (κ3) is 2.67. The number of carbonyl (C=O) groups is 1. The summed E-state index contributed by atoms with van der Waals surface area (Å²) < 4.78 is 0. The van der Waals surface area contributed by atoms with E-state index in [1.807, 2.05) is 0 Å². The highest BCUT2D eigenvalue weighted by atomic mass is 16.2. The van der Waals surface area contributed by atoms with Crippen molar-refractivity contribution in [2.24, 2.45) is 17.1 Å². The molecule has 2 aliphatic carbocycles. The van der Waals surface area contributed by atoms with Gasteiger partial charge in [-0.1, -0.05) is 26.2 Å². The molecule has 0 bridgehead atoms. The van der Waals surface area contributed by atoms with Crippen LogP contribution in [0.15, 0.2) is 0 Å². The minimum atomic E-state index is -0.0439. The molecule has 110 valence electrons. The summed E-state index contributed by atoms with van der Waals surface area (Å²) >= 11 is 0. The van der Waals surface area contributed by atoms with E-state index in [0.717, 1.165) is 38.8 Å². The predicted octanol–water partition coefficient (Wildman–Crippen LogP) is 2.93. The molecule has 2 unspecified atom stereocenters. The van der Waals surface area contributed by atoms with Crippen LogP contribution in [0.1, 0.15) is 65.2 Å². The van der Waals surface area contributed by atoms with Crippen LogP contribution in [0.2, 0.25) is 0 Å². The van der Waals surface area contributed by atoms with Crippen LogP contribution in [-0.2, 0) is 4.79 Å². The second-order valence-corrected chi connectivity index (χ2v) is 6.43. The van der Waals surface area contributed by atoms with Gasteiger partial charge in [-0.2, -0.15) is 0 Å². The van der Waals surface area contributed by atoms with Crippen molar-refractivity contribution in [1.82, 2.24) is 4.90 Å². The van der Waals surface area contributed by atoms with E-state index in [0.29, 0.717) is 17.9 Å². The average Bonchev–Trinajstić information content (AvgIpc) is 3.09. The Morgan fingerprint density at radius 1 is 1.21 bits per heavy atom. The summed E-state index contributed by atoms with van der Waals surface area (Å²) in [4.78, 5) is 15.2. The molecule has 0 aliphatic heterocycles. The average molecular weight is 266 g/mol. The molecule has 2 aliphatic rings. The van der Waals surface area contributed by atoms with E-state index in [1.165, 1.54) is 25.7 Å². The molecule has 0 aromatic heterocycles. The first-order chi connectivity index (χ1) is 9.18. The molecule has 2 fully saturated rings. The Kier molecular flexibility index (Phi) is 4.88. The normalized spacial score (nSPS) is 29.6. The third-order valence-corrected chi connectivity index (χ3v) is 5.61. The van der Waals surface area contributed by atoms with Crippen molar-refractivity contribution < 1.29 is 4.79 Å². The molecule has 3 heteroatoms. The Bertz CT molecular complexity index is 310. The topological polar surface area (TPSA) is 46.3 Å². The molecule has 0 aromatic rings. The van der Waals surface area contributed by atoms with Crippen molar-refractivity contribution in [2.75, 3.05) is 13.1 Å². The molecule has 0 aromatic carbocycles. The van der Waals surface area contributed by atoms with Gasteiger partial charge >= 0.3 is 0 Å². The first-order valence-corrected chi connectivity index (χ1v) is 8.19. The van der Waals surface area contributed by atoms with Gasteiger partial charge in [0.25, 0.3) is 0 Å². The summed E-state index contributed by atoms with van der Waals surface area (Å²) in [5.41, 5.74) is 5.85. The van der Waals surface area contributed by atoms with Gasteiger partial charge in [-0.05, 0) is 51.5 Å². The molecule has 0 heterocycles. The zero-order valence-electron chi connectivity index (χ0n) is 12.7. The first kappa shape index (κ1) is 14.8. The molecule has 2 rings (SSSR count). The Morgan fingerprint density at radius 3 is 2.42 bits per heavy atom. The van der Waals surface area contributed by atoms with Gasteiger partial charge in [0.2, 0.25) is 5.91 Å². The maximum Gasteiger partial charge on any atom is 0.229 e. The molecule has 2 N–H and O–H groups in total. The predicted molar refractivity (Wildman–Crippen MR) is 78.8 cm³/mol. The number of hydrogen-bond acceptors (Lipinski definition) is 2. The van der Waals surface area contributed by atoms with Gasteiger partial charge < -0.3 is 10.6 Å². The fourth-order valence-electron chi connectivity index (χ4n) is 4.31. The van der Waals surface area contributed by atoms with Gasteiger partial charge in [-0.25, -0.2) is 0 Å². The lowest BCUT2D eigenvalue weighted by Gasteiger charge is -2.39. The fourth-order valence-corrected chi connectivity index (χ4v) is 4.31. The number of amides is 1. The van der Waals surface area contributed by atoms with Crippen LogP contribution >= 0.6 is 0 Å². The van der Waals surface area contributed by atoms with Gasteiger partial charge in [0.15, 0.2) is 0 Å². The van der Waals surface area contributed by atoms with Gasteiger partial charge in [0, 0.05) is 18.0 Å². The van der Waals surface area contributed by atoms with Gasteiger partial charge in [-0.15, -0.1) is 0 Å². The third-order valence-electron chi connectivity index (χ3n) is 5.61. The highest BCUT2D eigenvalue weighted by Crippen LogP contribution is 2.44. The maximum atomic E-state index is 13.1. The van der Waals surface area contributed by atoms with Crippen LogP contribution in [-0.4, -0.2) is 29.9 Å². The molecular formula is C16H30N2O. The molecule has 19 heavy (non-hydrogen) atoms. The van der Waals surface area contributed by atoms with E-state index in [1.54, 1.807) is 0 Å². The molecule has 0 spiro atoms. The lowest BCUT2D eigenvalue weighted by atomic mass is 9.81. The number of rotatable bonds is 5. The largest absolute Gasteiger partial charge is 0.339 e. The van der Waals surface area contributed by atoms with E-state index in [-0.39, 0.29) is 5.41 Å². The summed E-state index contributed by atoms with van der Waals surface area (Å²) in [7, 11) is 0. The van der Waals surface area contributed by atoms with E-state index >= 15 is 0 Å². The lowest BCUT2D eigenvalue weighted by Crippen LogP contribution is -2.50. The summed E-state index contributed by atoms with van der Waals surface area (Å²) in [6.45, 7) is 5.89. The minimum absolute atomic E-state index is 0.0439. The number of hydrogen-bond donors (Lipinski definition) is 1. The van der Waals surface area contributed by atoms with Gasteiger partial charge in [-0.3, -0.25) is 4.79 Å². The molecule has 1 amide bonds. The fraction of sp³-hybridized carbons (Fsp3) is 0.938. The van der Waals surface area contributed by atoms with Crippen LogP contribution in [0.5, 0.6) is 0 Å². The molecular weight excluding hydrogens is 236 g/mol. The van der Waals surface area contributed by atoms with Crippen LogP contribution in [0.3, 0.4) is 0 Å². The van der Waals surface area contributed by atoms with E-state index in [9.17, 15) is 4.79 Å². The summed E-state index contributed by atoms with van der Waals surface area (Å²) in [6, 6.07) is 0.409. The second-order valence-electron chi connectivity index (χ2n) is 6.43. The molecule has 2 saturated carbocycles. The zero-order chi connectivity index (χ0) is 13.9. The monoisotopic (exact) mass is 266 g/mol. The summed E-state index contributed by atoms with van der Waals surface area (Å²) in [6.07, 6.45) is 9.23. The Labute approximate surface area is 117 Å². The Hall–Kier alpha value is -0.570. The van der Waals surface area contributed by atoms with Crippen molar-refractivity contribution in [1.29, 1.82) is 0 Å². The van der Waals surface area contributed by atoms with Crippen molar-refractivity contribution in [2.45, 2.75) is 71.3 Å². The van der Waals surface area contributed by atoms with E-state index in [4.69, 9.17) is 5.73 Å². The van der Waals surface area contributed by atoms with Crippen molar-refractivity contribution in [3.8, 4) is 0 Å². The van der Waals surface area contributed by atoms with E-state index in [2.05, 4.69) is 18.7 Å². The number of carbonyl (C=O) groups excluding carboxylic acids is 1. The van der Waals surface area contributed by atoms with Crippen LogP contribution in [0, 0.1) is 11.3 Å². The minimum Gasteiger partial charge on any atom is -0.339 e. The standard InChI is InChI=1S/C16H30N2O/c1-3-16(10-5-6-11-16)15(19)18(4-2)14-9-7-8-13(14)12-17/h13-14H,3-12,17H2,1-2H3. The number of nitrogens with zero attached hydrogens (tertiary/aromatic N) is 1. The Balaban J connectivity index is 2.14. The lowest BCUT2D eigenvalue weighted by molar-refractivity contribution is -0.145. The molecule has 3 nitrogen and oxygen atoms in total. The molecule has 2 atom stereocenters. The van der Waals surface area contributed by atoms with Crippen molar-refractivity contribution in [3.05, 3.63) is 0 Å². The second kappa shape index (κ2) is 6.25. The molecule has 0 saturated heterocycles. The van der Waals surface area contributed by atoms with Crippen LogP contribution in [0.4, 0.5) is 0 Å². The zero-order valence-corrected chi connectivity index (χ0v) is 12.7. The summed E-state index contributed by atoms with van der Waals surface area (Å²) in [5, 5.41) is 0. The highest BCUT2D eigenvalue weighted by Gasteiger charge is 2.44. The first-order valence-electron chi connectivity index (χ1n) is 8.19. The van der Waals surface area contributed by atoms with Crippen molar-refractivity contribution in [3.63, 3.8) is 0 Å². The molecule has 0 radical (unpaired) electrons. The van der Waals surface area contributed by atoms with Crippen molar-refractivity contribution >= 4 is 5.91 Å². The van der Waals surface area contributed by atoms with Crippen LogP contribution in [0.25, 0.3) is 0 Å². The maximum absolute atomic E-state index is 13.1. The quantitative estimate of drug-likeness (QED) is 0.831. The summed E-state index contributed by atoms with van der Waals surface area (Å²) in [5.74, 6) is 0.958. The van der Waals surface area contributed by atoms with Gasteiger partial charge in [0.1, 0.15) is 0 Å². The smallest absolute Gasteiger partial charge is 0.229 e. The van der Waals surface area contributed by atoms with E-state index < -0.39 is 0 Å². The number of nitrogens with two attached hydrogens (primary N) is 1.